The van der Waals surface area contributed by atoms with E-state index in [1.165, 1.54) is 16.7 Å². The summed E-state index contributed by atoms with van der Waals surface area (Å²) in [5, 5.41) is 4.08. The van der Waals surface area contributed by atoms with Crippen LogP contribution in [0.3, 0.4) is 0 Å². The summed E-state index contributed by atoms with van der Waals surface area (Å²) >= 11 is 6.60. The van der Waals surface area contributed by atoms with Crippen molar-refractivity contribution < 1.29 is 14.3 Å². The topological polar surface area (TPSA) is 74.4 Å². The standard InChI is InChI=1S/C24H23N3O3S2/c1-15(22(28)25-12-11-17-14-26-19-9-5-4-8-18(17)19)27-23(29)21(32-24(27)31)13-16-7-3-6-10-20(16)30-2/h3-10,13-15,26H,11-12H2,1-2H3,(H,25,28). The van der Waals surface area contributed by atoms with Crippen LogP contribution in [0, 0.1) is 0 Å². The van der Waals surface area contributed by atoms with E-state index in [4.69, 9.17) is 17.0 Å². The Balaban J connectivity index is 1.40. The summed E-state index contributed by atoms with van der Waals surface area (Å²) in [5.74, 6) is 0.158. The smallest absolute Gasteiger partial charge is 0.266 e. The van der Waals surface area contributed by atoms with E-state index in [9.17, 15) is 9.59 Å². The first-order valence-electron chi connectivity index (χ1n) is 10.2. The van der Waals surface area contributed by atoms with Crippen molar-refractivity contribution in [1.82, 2.24) is 15.2 Å². The molecule has 1 unspecified atom stereocenters. The van der Waals surface area contributed by atoms with E-state index < -0.39 is 6.04 Å². The number of benzene rings is 2. The van der Waals surface area contributed by atoms with E-state index in [1.807, 2.05) is 48.7 Å². The number of methoxy groups -OCH3 is 1. The molecule has 3 aromatic rings. The quantitative estimate of drug-likeness (QED) is 0.406. The molecule has 6 nitrogen and oxygen atoms in total. The van der Waals surface area contributed by atoms with E-state index in [1.54, 1.807) is 20.1 Å². The molecule has 32 heavy (non-hydrogen) atoms. The van der Waals surface area contributed by atoms with Gasteiger partial charge in [-0.3, -0.25) is 14.5 Å². The molecule has 1 atom stereocenters. The van der Waals surface area contributed by atoms with Gasteiger partial charge in [-0.15, -0.1) is 0 Å². The van der Waals surface area contributed by atoms with Gasteiger partial charge in [-0.1, -0.05) is 60.4 Å². The summed E-state index contributed by atoms with van der Waals surface area (Å²) < 4.78 is 5.72. The molecule has 0 spiro atoms. The average molecular weight is 466 g/mol. The Morgan fingerprint density at radius 3 is 2.81 bits per heavy atom. The largest absolute Gasteiger partial charge is 0.496 e. The highest BCUT2D eigenvalue weighted by Gasteiger charge is 2.38. The van der Waals surface area contributed by atoms with E-state index in [-0.39, 0.29) is 11.8 Å². The Labute approximate surface area is 196 Å². The van der Waals surface area contributed by atoms with Crippen LogP contribution in [0.25, 0.3) is 17.0 Å². The first-order chi connectivity index (χ1) is 15.5. The van der Waals surface area contributed by atoms with Crippen LogP contribution in [0.1, 0.15) is 18.1 Å². The number of hydrogen-bond acceptors (Lipinski definition) is 5. The minimum Gasteiger partial charge on any atom is -0.496 e. The second-order valence-electron chi connectivity index (χ2n) is 7.37. The number of nitrogens with one attached hydrogen (secondary N) is 2. The second-order valence-corrected chi connectivity index (χ2v) is 9.05. The van der Waals surface area contributed by atoms with Crippen LogP contribution in [0.2, 0.25) is 0 Å². The number of thiocarbonyl (C=S) groups is 1. The maximum Gasteiger partial charge on any atom is 0.266 e. The Bertz CT molecular complexity index is 1220. The van der Waals surface area contributed by atoms with Crippen molar-refractivity contribution in [3.63, 3.8) is 0 Å². The number of H-pyrrole nitrogens is 1. The molecule has 164 valence electrons. The van der Waals surface area contributed by atoms with Crippen molar-refractivity contribution in [1.29, 1.82) is 0 Å². The van der Waals surface area contributed by atoms with Gasteiger partial charge in [0.1, 0.15) is 16.1 Å². The van der Waals surface area contributed by atoms with E-state index in [0.717, 1.165) is 22.0 Å². The fraction of sp³-hybridized carbons (Fsp3) is 0.208. The molecule has 8 heteroatoms. The molecule has 1 aliphatic rings. The molecular weight excluding hydrogens is 442 g/mol. The lowest BCUT2D eigenvalue weighted by Crippen LogP contribution is -2.47. The summed E-state index contributed by atoms with van der Waals surface area (Å²) in [6.45, 7) is 2.16. The SMILES string of the molecule is COc1ccccc1C=C1SC(=S)N(C(C)C(=O)NCCc2c[nH]c3ccccc23)C1=O. The fourth-order valence-corrected chi connectivity index (χ4v) is 5.07. The molecule has 1 saturated heterocycles. The second kappa shape index (κ2) is 9.58. The van der Waals surface area contributed by atoms with Crippen LogP contribution in [0.5, 0.6) is 5.75 Å². The third kappa shape index (κ3) is 4.42. The molecule has 2 N–H and O–H groups in total. The Morgan fingerprint density at radius 1 is 1.25 bits per heavy atom. The van der Waals surface area contributed by atoms with E-state index >= 15 is 0 Å². The van der Waals surface area contributed by atoms with Crippen LogP contribution in [0.15, 0.2) is 59.6 Å². The molecule has 0 aliphatic carbocycles. The molecule has 1 fully saturated rings. The van der Waals surface area contributed by atoms with Crippen molar-refractivity contribution in [3.8, 4) is 5.75 Å². The number of aromatic amines is 1. The number of amides is 2. The van der Waals surface area contributed by atoms with Gasteiger partial charge in [0.05, 0.1) is 12.0 Å². The number of ether oxygens (including phenoxy) is 1. The third-order valence-electron chi connectivity index (χ3n) is 5.38. The number of para-hydroxylation sites is 2. The van der Waals surface area contributed by atoms with E-state index in [2.05, 4.69) is 16.4 Å². The normalized spacial score (nSPS) is 16.1. The minimum atomic E-state index is -0.700. The molecule has 1 aromatic heterocycles. The average Bonchev–Trinajstić information content (AvgIpc) is 3.33. The Morgan fingerprint density at radius 2 is 2.00 bits per heavy atom. The molecule has 2 amide bonds. The highest BCUT2D eigenvalue weighted by atomic mass is 32.2. The number of carbonyl (C=O) groups is 2. The predicted octanol–water partition coefficient (Wildman–Crippen LogP) is 4.13. The first kappa shape index (κ1) is 22.1. The Kier molecular flexibility index (Phi) is 6.62. The fourth-order valence-electron chi connectivity index (χ4n) is 3.66. The summed E-state index contributed by atoms with van der Waals surface area (Å²) in [7, 11) is 1.58. The zero-order valence-electron chi connectivity index (χ0n) is 17.8. The van der Waals surface area contributed by atoms with E-state index in [0.29, 0.717) is 27.9 Å². The lowest BCUT2D eigenvalue weighted by molar-refractivity contribution is -0.132. The molecule has 0 radical (unpaired) electrons. The van der Waals surface area contributed by atoms with Crippen LogP contribution in [-0.2, 0) is 16.0 Å². The van der Waals surface area contributed by atoms with Gasteiger partial charge in [-0.05, 0) is 37.1 Å². The number of fused-ring (bicyclic) bond motifs is 1. The monoisotopic (exact) mass is 465 g/mol. The molecule has 2 heterocycles. The van der Waals surface area contributed by atoms with Crippen LogP contribution in [0.4, 0.5) is 0 Å². The zero-order valence-corrected chi connectivity index (χ0v) is 19.4. The van der Waals surface area contributed by atoms with Gasteiger partial charge in [-0.2, -0.15) is 0 Å². The summed E-state index contributed by atoms with van der Waals surface area (Å²) in [6.07, 6.45) is 4.40. The molecule has 4 rings (SSSR count). The summed E-state index contributed by atoms with van der Waals surface area (Å²) in [6, 6.07) is 14.8. The minimum absolute atomic E-state index is 0.236. The first-order valence-corrected chi connectivity index (χ1v) is 11.4. The molecular formula is C24H23N3O3S2. The zero-order chi connectivity index (χ0) is 22.7. The molecule has 1 aliphatic heterocycles. The molecule has 2 aromatic carbocycles. The number of aromatic nitrogens is 1. The number of nitrogens with zero attached hydrogens (tertiary/aromatic N) is 1. The lowest BCUT2D eigenvalue weighted by Gasteiger charge is -2.22. The molecule has 0 bridgehead atoms. The predicted molar refractivity (Wildman–Crippen MR) is 132 cm³/mol. The van der Waals surface area contributed by atoms with Gasteiger partial charge in [0.2, 0.25) is 5.91 Å². The Hall–Kier alpha value is -3.10. The van der Waals surface area contributed by atoms with Crippen molar-refractivity contribution >= 4 is 57.1 Å². The van der Waals surface area contributed by atoms with Gasteiger partial charge in [0, 0.05) is 29.2 Å². The van der Waals surface area contributed by atoms with Gasteiger partial charge < -0.3 is 15.0 Å². The number of hydrogen-bond donors (Lipinski definition) is 2. The highest BCUT2D eigenvalue weighted by Crippen LogP contribution is 2.35. The number of carbonyl (C=O) groups excluding carboxylic acids is 2. The summed E-state index contributed by atoms with van der Waals surface area (Å²) in [5.41, 5.74) is 2.99. The maximum atomic E-state index is 13.0. The molecule has 0 saturated carbocycles. The van der Waals surface area contributed by atoms with Crippen molar-refractivity contribution in [2.45, 2.75) is 19.4 Å². The number of thioether (sulfide) groups is 1. The maximum absolute atomic E-state index is 13.0. The number of rotatable bonds is 7. The van der Waals surface area contributed by atoms with Gasteiger partial charge in [0.15, 0.2) is 0 Å². The van der Waals surface area contributed by atoms with Gasteiger partial charge in [0.25, 0.3) is 5.91 Å². The van der Waals surface area contributed by atoms with Crippen molar-refractivity contribution in [2.24, 2.45) is 0 Å². The summed E-state index contributed by atoms with van der Waals surface area (Å²) in [4.78, 5) is 30.8. The van der Waals surface area contributed by atoms with Gasteiger partial charge >= 0.3 is 0 Å². The van der Waals surface area contributed by atoms with Crippen LogP contribution < -0.4 is 10.1 Å². The highest BCUT2D eigenvalue weighted by molar-refractivity contribution is 8.26. The van der Waals surface area contributed by atoms with Crippen LogP contribution >= 0.6 is 24.0 Å². The van der Waals surface area contributed by atoms with Crippen LogP contribution in [-0.4, -0.2) is 45.7 Å². The lowest BCUT2D eigenvalue weighted by atomic mass is 10.1. The van der Waals surface area contributed by atoms with Gasteiger partial charge in [-0.25, -0.2) is 0 Å². The third-order valence-corrected chi connectivity index (χ3v) is 6.71. The van der Waals surface area contributed by atoms with Crippen molar-refractivity contribution in [3.05, 3.63) is 70.8 Å². The van der Waals surface area contributed by atoms with Crippen molar-refractivity contribution in [2.75, 3.05) is 13.7 Å².